The van der Waals surface area contributed by atoms with Gasteiger partial charge in [0.2, 0.25) is 0 Å². The van der Waals surface area contributed by atoms with Gasteiger partial charge in [-0.15, -0.1) is 0 Å². The van der Waals surface area contributed by atoms with E-state index in [0.717, 1.165) is 11.3 Å². The quantitative estimate of drug-likeness (QED) is 0.439. The Kier molecular flexibility index (Phi) is 5.23. The second-order valence-corrected chi connectivity index (χ2v) is 4.32. The number of halogens is 2. The molecule has 0 bridgehead atoms. The molecule has 1 heterocycles. The minimum Gasteiger partial charge on any atom is -0.767 e. The minimum atomic E-state index is -2.39. The molecule has 0 aliphatic rings. The molecule has 0 saturated carbocycles. The maximum atomic E-state index is 10.2. The zero-order valence-corrected chi connectivity index (χ0v) is 8.48. The third-order valence-electron chi connectivity index (χ3n) is 0.689. The fraction of sp³-hybridized carbons (Fsp3) is 0. The van der Waals surface area contributed by atoms with Gasteiger partial charge in [0.1, 0.15) is 9.36 Å². The van der Waals surface area contributed by atoms with Gasteiger partial charge in [-0.3, -0.25) is 4.21 Å². The maximum Gasteiger partial charge on any atom is 1.00 e. The van der Waals surface area contributed by atoms with Crippen LogP contribution in [-0.2, 0) is 11.1 Å². The summed E-state index contributed by atoms with van der Waals surface area (Å²) in [6.07, 6.45) is 0. The van der Waals surface area contributed by atoms with Gasteiger partial charge in [0, 0.05) is 0 Å². The van der Waals surface area contributed by atoms with Crippen LogP contribution in [0.3, 0.4) is 0 Å². The number of hydrogen-bond donors (Lipinski definition) is 0. The third-order valence-corrected chi connectivity index (χ3v) is 2.90. The molecule has 0 spiro atoms. The van der Waals surface area contributed by atoms with Crippen LogP contribution >= 0.6 is 34.5 Å². The second-order valence-electron chi connectivity index (χ2n) is 1.28. The summed E-state index contributed by atoms with van der Waals surface area (Å²) in [5, 5.41) is -0.184. The minimum absolute atomic E-state index is 0. The molecule has 0 aliphatic heterocycles. The van der Waals surface area contributed by atoms with Crippen molar-refractivity contribution in [2.45, 2.75) is 5.03 Å². The van der Waals surface area contributed by atoms with Crippen LogP contribution in [0.25, 0.3) is 0 Å². The van der Waals surface area contributed by atoms with Crippen molar-refractivity contribution >= 4 is 45.6 Å². The Bertz CT molecular complexity index is 278. The van der Waals surface area contributed by atoms with Crippen LogP contribution in [-0.4, -0.2) is 13.7 Å². The Labute approximate surface area is 91.6 Å². The molecule has 0 aromatic carbocycles. The van der Waals surface area contributed by atoms with Crippen LogP contribution in [0.1, 0.15) is 0 Å². The molecule has 11 heavy (non-hydrogen) atoms. The first kappa shape index (κ1) is 11.9. The molecule has 0 radical (unpaired) electrons. The number of hydrogen-bond acceptors (Lipinski definition) is 4. The fourth-order valence-corrected chi connectivity index (χ4v) is 2.40. The molecule has 1 aromatic heterocycles. The number of rotatable bonds is 1. The van der Waals surface area contributed by atoms with E-state index < -0.39 is 11.1 Å². The van der Waals surface area contributed by atoms with Crippen molar-refractivity contribution in [2.24, 2.45) is 0 Å². The van der Waals surface area contributed by atoms with Crippen molar-refractivity contribution < 1.29 is 27.6 Å². The van der Waals surface area contributed by atoms with E-state index >= 15 is 0 Å². The van der Waals surface area contributed by atoms with Gasteiger partial charge < -0.3 is 4.55 Å². The topological polar surface area (TPSA) is 53.0 Å². The molecule has 0 N–H and O–H groups in total. The summed E-state index contributed by atoms with van der Waals surface area (Å²) in [6, 6.07) is 0. The van der Waals surface area contributed by atoms with Crippen molar-refractivity contribution in [3.63, 3.8) is 0 Å². The first-order valence-corrected chi connectivity index (χ1v) is 4.67. The third kappa shape index (κ3) is 3.03. The van der Waals surface area contributed by atoms with Gasteiger partial charge in [0.15, 0.2) is 4.47 Å². The molecule has 1 unspecified atom stereocenters. The average molecular weight is 224 g/mol. The van der Waals surface area contributed by atoms with Crippen LogP contribution in [0.4, 0.5) is 0 Å². The van der Waals surface area contributed by atoms with E-state index in [-0.39, 0.29) is 32.7 Å². The standard InChI is InChI=1S/C3HCl2NO2S2.Li/c4-1-2(10(7)8)6-3(5)9-1;/h(H,7,8);/q;+1/p-1. The first-order valence-electron chi connectivity index (χ1n) is 2.02. The van der Waals surface area contributed by atoms with E-state index in [1.807, 2.05) is 0 Å². The molecule has 8 heteroatoms. The zero-order valence-electron chi connectivity index (χ0n) is 5.34. The van der Waals surface area contributed by atoms with Crippen molar-refractivity contribution in [3.8, 4) is 0 Å². The number of aromatic nitrogens is 1. The van der Waals surface area contributed by atoms with Gasteiger partial charge in [-0.25, -0.2) is 4.98 Å². The predicted octanol–water partition coefficient (Wildman–Crippen LogP) is -1.31. The molecule has 0 amide bonds. The van der Waals surface area contributed by atoms with Gasteiger partial charge in [-0.2, -0.15) is 0 Å². The predicted molar refractivity (Wildman–Crippen MR) is 39.3 cm³/mol. The Morgan fingerprint density at radius 2 is 2.09 bits per heavy atom. The summed E-state index contributed by atoms with van der Waals surface area (Å²) < 4.78 is 20.7. The van der Waals surface area contributed by atoms with Gasteiger partial charge in [-0.1, -0.05) is 34.5 Å². The van der Waals surface area contributed by atoms with E-state index in [2.05, 4.69) is 4.98 Å². The molecule has 3 nitrogen and oxygen atoms in total. The molecular weight excluding hydrogens is 224 g/mol. The van der Waals surface area contributed by atoms with Crippen molar-refractivity contribution in [3.05, 3.63) is 8.80 Å². The Balaban J connectivity index is 0.000001000. The largest absolute Gasteiger partial charge is 1.00 e. The van der Waals surface area contributed by atoms with Gasteiger partial charge in [-0.05, 0) is 11.1 Å². The molecule has 1 aromatic rings. The smallest absolute Gasteiger partial charge is 0.767 e. The van der Waals surface area contributed by atoms with E-state index in [1.54, 1.807) is 0 Å². The summed E-state index contributed by atoms with van der Waals surface area (Å²) in [5.41, 5.74) is 0. The molecular formula is C3Cl2LiNO2S2. The van der Waals surface area contributed by atoms with Crippen molar-refractivity contribution in [2.75, 3.05) is 0 Å². The van der Waals surface area contributed by atoms with Crippen LogP contribution in [0.2, 0.25) is 8.80 Å². The zero-order chi connectivity index (χ0) is 7.72. The van der Waals surface area contributed by atoms with Gasteiger partial charge in [0.25, 0.3) is 0 Å². The SMILES string of the molecule is O=S([O-])c1nc(Cl)sc1Cl.[Li+]. The average Bonchev–Trinajstić information content (AvgIpc) is 2.10. The molecule has 56 valence electrons. The summed E-state index contributed by atoms with van der Waals surface area (Å²) in [6.45, 7) is 0. The van der Waals surface area contributed by atoms with Crippen LogP contribution in [0.15, 0.2) is 5.03 Å². The monoisotopic (exact) mass is 223 g/mol. The fourth-order valence-electron chi connectivity index (χ4n) is 0.367. The summed E-state index contributed by atoms with van der Waals surface area (Å²) in [7, 11) is 0. The maximum absolute atomic E-state index is 10.2. The van der Waals surface area contributed by atoms with E-state index in [1.165, 1.54) is 0 Å². The van der Waals surface area contributed by atoms with E-state index in [0.29, 0.717) is 0 Å². The Morgan fingerprint density at radius 3 is 2.27 bits per heavy atom. The first-order chi connectivity index (χ1) is 4.61. The molecule has 1 rings (SSSR count). The van der Waals surface area contributed by atoms with Crippen LogP contribution in [0.5, 0.6) is 0 Å². The number of thiazole rings is 1. The molecule has 0 saturated heterocycles. The molecule has 0 aliphatic carbocycles. The Hall–Kier alpha value is 0.917. The van der Waals surface area contributed by atoms with Crippen LogP contribution < -0.4 is 18.9 Å². The molecule has 0 fully saturated rings. The summed E-state index contributed by atoms with van der Waals surface area (Å²) in [5.74, 6) is 0. The molecule has 1 atom stereocenters. The van der Waals surface area contributed by atoms with Crippen molar-refractivity contribution in [1.29, 1.82) is 0 Å². The normalized spacial score (nSPS) is 12.3. The van der Waals surface area contributed by atoms with Crippen LogP contribution in [0, 0.1) is 0 Å². The Morgan fingerprint density at radius 1 is 1.55 bits per heavy atom. The summed E-state index contributed by atoms with van der Waals surface area (Å²) in [4.78, 5) is 3.45. The second kappa shape index (κ2) is 4.83. The van der Waals surface area contributed by atoms with E-state index in [4.69, 9.17) is 23.2 Å². The van der Waals surface area contributed by atoms with Gasteiger partial charge in [0.05, 0.1) is 0 Å². The van der Waals surface area contributed by atoms with E-state index in [9.17, 15) is 8.76 Å². The number of nitrogens with zero attached hydrogens (tertiary/aromatic N) is 1. The van der Waals surface area contributed by atoms with Crippen molar-refractivity contribution in [1.82, 2.24) is 4.98 Å². The summed E-state index contributed by atoms with van der Waals surface area (Å²) >= 11 is 9.32. The van der Waals surface area contributed by atoms with Gasteiger partial charge >= 0.3 is 18.9 Å².